The number of likely N-dealkylation sites (N-methyl/N-ethyl adjacent to an activating group) is 1. The maximum absolute atomic E-state index is 13.9. The van der Waals surface area contributed by atoms with Gasteiger partial charge in [0.05, 0.1) is 18.2 Å². The molecular weight excluding hydrogens is 417 g/mol. The number of rotatable bonds is 5. The number of carbonyl (C=O) groups excluding carboxylic acids is 1. The summed E-state index contributed by atoms with van der Waals surface area (Å²) in [6.07, 6.45) is 9.39. The van der Waals surface area contributed by atoms with Crippen LogP contribution < -0.4 is 10.1 Å². The van der Waals surface area contributed by atoms with E-state index in [2.05, 4.69) is 47.2 Å². The molecule has 170 valence electrons. The molecular formula is C27H28FN3O2. The van der Waals surface area contributed by atoms with Gasteiger partial charge in [-0.15, -0.1) is 0 Å². The minimum Gasteiger partial charge on any atom is -0.494 e. The number of nitrogens with one attached hydrogen (secondary N) is 1. The number of aromatic nitrogens is 1. The van der Waals surface area contributed by atoms with Gasteiger partial charge in [0.1, 0.15) is 0 Å². The van der Waals surface area contributed by atoms with Crippen LogP contribution in [0.2, 0.25) is 0 Å². The highest BCUT2D eigenvalue weighted by Crippen LogP contribution is 2.48. The summed E-state index contributed by atoms with van der Waals surface area (Å²) >= 11 is 0. The van der Waals surface area contributed by atoms with Crippen molar-refractivity contribution in [3.63, 3.8) is 0 Å². The van der Waals surface area contributed by atoms with Crippen molar-refractivity contribution in [1.82, 2.24) is 15.2 Å². The summed E-state index contributed by atoms with van der Waals surface area (Å²) in [6, 6.07) is 10.7. The Morgan fingerprint density at radius 3 is 2.61 bits per heavy atom. The van der Waals surface area contributed by atoms with Gasteiger partial charge in [0.15, 0.2) is 11.6 Å². The van der Waals surface area contributed by atoms with E-state index in [4.69, 9.17) is 4.74 Å². The summed E-state index contributed by atoms with van der Waals surface area (Å²) in [7, 11) is 3.44. The SMILES string of the molecule is C=Cc1cc(C2(NC(=O)c3cc(OC)c(F)cc3C)CC2)c2cccnc2c1.CN1C=CC1. The number of aryl methyl sites for hydroxylation is 1. The Hall–Kier alpha value is -3.67. The summed E-state index contributed by atoms with van der Waals surface area (Å²) < 4.78 is 18.9. The lowest BCUT2D eigenvalue weighted by molar-refractivity contribution is 0.0930. The average molecular weight is 446 g/mol. The van der Waals surface area contributed by atoms with Crippen LogP contribution in [0.25, 0.3) is 17.0 Å². The number of ether oxygens (including phenoxy) is 1. The number of pyridine rings is 1. The molecule has 33 heavy (non-hydrogen) atoms. The molecule has 3 aromatic rings. The molecule has 0 radical (unpaired) electrons. The molecule has 0 spiro atoms. The second-order valence-corrected chi connectivity index (χ2v) is 8.50. The van der Waals surface area contributed by atoms with Crippen LogP contribution in [-0.4, -0.2) is 36.5 Å². The van der Waals surface area contributed by atoms with Crippen molar-refractivity contribution in [1.29, 1.82) is 0 Å². The lowest BCUT2D eigenvalue weighted by atomic mass is 9.95. The molecule has 1 saturated carbocycles. The van der Waals surface area contributed by atoms with Crippen LogP contribution in [0, 0.1) is 12.7 Å². The van der Waals surface area contributed by atoms with Crippen molar-refractivity contribution >= 4 is 22.9 Å². The number of benzene rings is 2. The molecule has 1 aliphatic heterocycles. The zero-order valence-corrected chi connectivity index (χ0v) is 19.2. The first kappa shape index (κ1) is 22.5. The smallest absolute Gasteiger partial charge is 0.252 e. The van der Waals surface area contributed by atoms with Gasteiger partial charge < -0.3 is 15.0 Å². The first-order valence-corrected chi connectivity index (χ1v) is 10.9. The van der Waals surface area contributed by atoms with Gasteiger partial charge in [-0.2, -0.15) is 0 Å². The minimum absolute atomic E-state index is 0.0592. The van der Waals surface area contributed by atoms with Crippen LogP contribution in [0.15, 0.2) is 61.4 Å². The van der Waals surface area contributed by atoms with Gasteiger partial charge in [0, 0.05) is 30.7 Å². The van der Waals surface area contributed by atoms with E-state index in [0.717, 1.165) is 41.4 Å². The number of nitrogens with zero attached hydrogens (tertiary/aromatic N) is 2. The molecule has 1 aliphatic carbocycles. The topological polar surface area (TPSA) is 54.5 Å². The Balaban J connectivity index is 0.000000459. The van der Waals surface area contributed by atoms with Gasteiger partial charge in [-0.05, 0) is 79.1 Å². The summed E-state index contributed by atoms with van der Waals surface area (Å²) in [5, 5.41) is 4.19. The van der Waals surface area contributed by atoms with Gasteiger partial charge >= 0.3 is 0 Å². The zero-order chi connectivity index (χ0) is 23.6. The van der Waals surface area contributed by atoms with Crippen LogP contribution in [0.5, 0.6) is 5.75 Å². The lowest BCUT2D eigenvalue weighted by Crippen LogP contribution is -2.35. The van der Waals surface area contributed by atoms with Crippen LogP contribution in [0.3, 0.4) is 0 Å². The van der Waals surface area contributed by atoms with E-state index in [9.17, 15) is 9.18 Å². The number of methoxy groups -OCH3 is 1. The third kappa shape index (κ3) is 4.60. The standard InChI is InChI=1S/C23H21FN2O2.C4H7N/c1-4-15-11-18(16-6-5-9-25-20(16)12-15)23(7-8-23)26-22(27)17-13-21(28-3)19(24)10-14(17)2;1-5-3-2-4-5/h4-6,9-13H,1,7-8H2,2-3H3,(H,26,27);2-3H,4H2,1H3. The fourth-order valence-corrected chi connectivity index (χ4v) is 3.96. The molecule has 0 atom stereocenters. The molecule has 2 aromatic carbocycles. The highest BCUT2D eigenvalue weighted by atomic mass is 19.1. The van der Waals surface area contributed by atoms with E-state index in [1.54, 1.807) is 19.2 Å². The van der Waals surface area contributed by atoms with Gasteiger partial charge in [-0.25, -0.2) is 4.39 Å². The molecule has 2 heterocycles. The first-order chi connectivity index (χ1) is 15.9. The van der Waals surface area contributed by atoms with E-state index in [1.807, 2.05) is 18.2 Å². The van der Waals surface area contributed by atoms with Gasteiger partial charge in [-0.3, -0.25) is 9.78 Å². The Morgan fingerprint density at radius 2 is 2.03 bits per heavy atom. The van der Waals surface area contributed by atoms with Crippen molar-refractivity contribution in [3.05, 3.63) is 89.5 Å². The quantitative estimate of drug-likeness (QED) is 0.587. The molecule has 5 nitrogen and oxygen atoms in total. The second-order valence-electron chi connectivity index (χ2n) is 8.50. The van der Waals surface area contributed by atoms with Crippen LogP contribution in [0.4, 0.5) is 4.39 Å². The van der Waals surface area contributed by atoms with E-state index < -0.39 is 11.4 Å². The predicted molar refractivity (Wildman–Crippen MR) is 130 cm³/mol. The van der Waals surface area contributed by atoms with Crippen LogP contribution >= 0.6 is 0 Å². The highest BCUT2D eigenvalue weighted by Gasteiger charge is 2.47. The first-order valence-electron chi connectivity index (χ1n) is 10.9. The number of halogens is 1. The van der Waals surface area contributed by atoms with Crippen molar-refractivity contribution < 1.29 is 13.9 Å². The van der Waals surface area contributed by atoms with E-state index in [-0.39, 0.29) is 11.7 Å². The molecule has 0 bridgehead atoms. The predicted octanol–water partition coefficient (Wildman–Crippen LogP) is 5.20. The minimum atomic E-state index is -0.478. The average Bonchev–Trinajstić information content (AvgIpc) is 3.57. The van der Waals surface area contributed by atoms with Gasteiger partial charge in [0.25, 0.3) is 5.91 Å². The summed E-state index contributed by atoms with van der Waals surface area (Å²) in [6.45, 7) is 6.72. The molecule has 0 unspecified atom stereocenters. The lowest BCUT2D eigenvalue weighted by Gasteiger charge is -2.21. The van der Waals surface area contributed by atoms with Crippen molar-refractivity contribution in [2.75, 3.05) is 20.7 Å². The fraction of sp³-hybridized carbons (Fsp3) is 0.259. The molecule has 6 heteroatoms. The second kappa shape index (κ2) is 9.06. The molecule has 1 amide bonds. The number of hydrogen-bond acceptors (Lipinski definition) is 4. The molecule has 1 aromatic heterocycles. The number of hydrogen-bond donors (Lipinski definition) is 1. The van der Waals surface area contributed by atoms with Crippen LogP contribution in [-0.2, 0) is 5.54 Å². The van der Waals surface area contributed by atoms with E-state index in [1.165, 1.54) is 19.2 Å². The van der Waals surface area contributed by atoms with Crippen molar-refractivity contribution in [2.45, 2.75) is 25.3 Å². The third-order valence-corrected chi connectivity index (χ3v) is 6.09. The highest BCUT2D eigenvalue weighted by molar-refractivity contribution is 5.97. The van der Waals surface area contributed by atoms with Crippen LogP contribution in [0.1, 0.15) is 39.9 Å². The van der Waals surface area contributed by atoms with Crippen molar-refractivity contribution in [3.8, 4) is 5.75 Å². The van der Waals surface area contributed by atoms with E-state index >= 15 is 0 Å². The number of carbonyl (C=O) groups is 1. The summed E-state index contributed by atoms with van der Waals surface area (Å²) in [5.74, 6) is -0.660. The Bertz CT molecular complexity index is 1250. The summed E-state index contributed by atoms with van der Waals surface area (Å²) in [4.78, 5) is 19.6. The van der Waals surface area contributed by atoms with Gasteiger partial charge in [-0.1, -0.05) is 18.7 Å². The molecule has 1 fully saturated rings. The number of fused-ring (bicyclic) bond motifs is 1. The monoisotopic (exact) mass is 445 g/mol. The molecule has 5 rings (SSSR count). The van der Waals surface area contributed by atoms with E-state index in [0.29, 0.717) is 11.1 Å². The molecule has 1 N–H and O–H groups in total. The normalized spacial score (nSPS) is 15.2. The zero-order valence-electron chi connectivity index (χ0n) is 19.2. The fourth-order valence-electron chi connectivity index (χ4n) is 3.96. The largest absolute Gasteiger partial charge is 0.494 e. The van der Waals surface area contributed by atoms with Gasteiger partial charge in [0.2, 0.25) is 0 Å². The van der Waals surface area contributed by atoms with Crippen molar-refractivity contribution in [2.24, 2.45) is 0 Å². The molecule has 0 saturated heterocycles. The molecule has 2 aliphatic rings. The Morgan fingerprint density at radius 1 is 1.30 bits per heavy atom. The maximum atomic E-state index is 13.9. The number of amides is 1. The summed E-state index contributed by atoms with van der Waals surface area (Å²) in [5.41, 5.74) is 3.39. The Kier molecular flexibility index (Phi) is 6.18. The Labute approximate surface area is 193 Å². The third-order valence-electron chi connectivity index (χ3n) is 6.09. The maximum Gasteiger partial charge on any atom is 0.252 e.